The van der Waals surface area contributed by atoms with E-state index in [0.717, 1.165) is 54.5 Å². The van der Waals surface area contributed by atoms with E-state index >= 15 is 0 Å². The number of likely N-dealkylation sites (N-methyl/N-ethyl adjacent to an activating group) is 1. The molecule has 1 aromatic carbocycles. The number of piperazine rings is 1. The van der Waals surface area contributed by atoms with Crippen molar-refractivity contribution in [1.29, 1.82) is 0 Å². The summed E-state index contributed by atoms with van der Waals surface area (Å²) in [6, 6.07) is 13.8. The minimum atomic E-state index is -0.0758. The number of anilines is 1. The van der Waals surface area contributed by atoms with Crippen LogP contribution in [0.25, 0.3) is 0 Å². The van der Waals surface area contributed by atoms with Gasteiger partial charge in [0.25, 0.3) is 5.91 Å². The molecule has 0 unspecified atom stereocenters. The van der Waals surface area contributed by atoms with Crippen LogP contribution >= 0.6 is 0 Å². The summed E-state index contributed by atoms with van der Waals surface area (Å²) < 4.78 is 1.96. The predicted molar refractivity (Wildman–Crippen MR) is 122 cm³/mol. The van der Waals surface area contributed by atoms with E-state index in [1.54, 1.807) is 0 Å². The second-order valence-electron chi connectivity index (χ2n) is 8.28. The van der Waals surface area contributed by atoms with Crippen LogP contribution in [0.2, 0.25) is 0 Å². The topological polar surface area (TPSA) is 66.3 Å². The molecule has 1 fully saturated rings. The predicted octanol–water partition coefficient (Wildman–Crippen LogP) is 2.63. The number of benzene rings is 1. The van der Waals surface area contributed by atoms with Crippen LogP contribution in [-0.4, -0.2) is 58.8 Å². The Morgan fingerprint density at radius 1 is 1.03 bits per heavy atom. The van der Waals surface area contributed by atoms with Gasteiger partial charge < -0.3 is 15.1 Å². The lowest BCUT2D eigenvalue weighted by Crippen LogP contribution is -2.44. The lowest BCUT2D eigenvalue weighted by molar-refractivity contribution is 0.0950. The summed E-state index contributed by atoms with van der Waals surface area (Å²) in [4.78, 5) is 21.9. The van der Waals surface area contributed by atoms with Crippen molar-refractivity contribution >= 4 is 11.7 Å². The number of nitrogens with one attached hydrogen (secondary N) is 1. The molecule has 7 nitrogen and oxygen atoms in total. The van der Waals surface area contributed by atoms with E-state index < -0.39 is 0 Å². The van der Waals surface area contributed by atoms with E-state index in [2.05, 4.69) is 44.4 Å². The Labute approximate surface area is 183 Å². The molecule has 3 aromatic rings. The van der Waals surface area contributed by atoms with Crippen LogP contribution in [0.1, 0.15) is 32.9 Å². The minimum absolute atomic E-state index is 0.0758. The van der Waals surface area contributed by atoms with Crippen LogP contribution in [0.5, 0.6) is 0 Å². The average Bonchev–Trinajstić information content (AvgIpc) is 3.09. The average molecular weight is 419 g/mol. The van der Waals surface area contributed by atoms with Crippen LogP contribution in [0, 0.1) is 13.8 Å². The van der Waals surface area contributed by atoms with Crippen molar-refractivity contribution in [3.8, 4) is 0 Å². The Morgan fingerprint density at radius 2 is 1.84 bits per heavy atom. The van der Waals surface area contributed by atoms with Crippen molar-refractivity contribution in [2.45, 2.75) is 26.9 Å². The third-order valence-corrected chi connectivity index (χ3v) is 5.72. The van der Waals surface area contributed by atoms with Crippen molar-refractivity contribution in [2.75, 3.05) is 38.1 Å². The zero-order valence-electron chi connectivity index (χ0n) is 18.5. The standard InChI is InChI=1S/C24H30N6O/c1-18-13-19(2)30(27-18)17-21-5-4-6-22(14-21)24(31)26-16-20-7-8-25-23(15-20)29-11-9-28(3)10-12-29/h4-8,13-15H,9-12,16-17H2,1-3H3,(H,26,31). The van der Waals surface area contributed by atoms with Crippen LogP contribution in [0.15, 0.2) is 48.7 Å². The van der Waals surface area contributed by atoms with Gasteiger partial charge in [-0.2, -0.15) is 5.10 Å². The fraction of sp³-hybridized carbons (Fsp3) is 0.375. The fourth-order valence-corrected chi connectivity index (χ4v) is 3.88. The highest BCUT2D eigenvalue weighted by molar-refractivity contribution is 5.94. The number of carbonyl (C=O) groups excluding carboxylic acids is 1. The van der Waals surface area contributed by atoms with Crippen molar-refractivity contribution < 1.29 is 4.79 Å². The molecule has 7 heteroatoms. The first kappa shape index (κ1) is 21.1. The number of carbonyl (C=O) groups is 1. The second-order valence-corrected chi connectivity index (χ2v) is 8.28. The number of rotatable bonds is 6. The lowest BCUT2D eigenvalue weighted by atomic mass is 10.1. The summed E-state index contributed by atoms with van der Waals surface area (Å²) in [5.41, 5.74) is 4.88. The molecule has 1 saturated heterocycles. The Morgan fingerprint density at radius 3 is 2.58 bits per heavy atom. The Balaban J connectivity index is 1.38. The summed E-state index contributed by atoms with van der Waals surface area (Å²) in [7, 11) is 2.14. The summed E-state index contributed by atoms with van der Waals surface area (Å²) in [5, 5.41) is 7.55. The van der Waals surface area contributed by atoms with Gasteiger partial charge >= 0.3 is 0 Å². The van der Waals surface area contributed by atoms with Crippen LogP contribution in [-0.2, 0) is 13.1 Å². The van der Waals surface area contributed by atoms with Crippen molar-refractivity contribution in [3.63, 3.8) is 0 Å². The number of pyridine rings is 1. The van der Waals surface area contributed by atoms with E-state index in [0.29, 0.717) is 18.7 Å². The normalized spacial score (nSPS) is 14.6. The molecule has 1 aliphatic rings. The van der Waals surface area contributed by atoms with E-state index in [4.69, 9.17) is 0 Å². The number of hydrogen-bond acceptors (Lipinski definition) is 5. The number of nitrogens with zero attached hydrogens (tertiary/aromatic N) is 5. The maximum atomic E-state index is 12.8. The quantitative estimate of drug-likeness (QED) is 0.667. The molecule has 1 N–H and O–H groups in total. The lowest BCUT2D eigenvalue weighted by Gasteiger charge is -2.33. The molecule has 4 rings (SSSR count). The van der Waals surface area contributed by atoms with Gasteiger partial charge in [0.2, 0.25) is 0 Å². The number of hydrogen-bond donors (Lipinski definition) is 1. The molecule has 3 heterocycles. The minimum Gasteiger partial charge on any atom is -0.354 e. The van der Waals surface area contributed by atoms with E-state index in [-0.39, 0.29) is 5.91 Å². The van der Waals surface area contributed by atoms with E-state index in [1.807, 2.05) is 55.1 Å². The van der Waals surface area contributed by atoms with Crippen LogP contribution in [0.4, 0.5) is 5.82 Å². The Hall–Kier alpha value is -3.19. The van der Waals surface area contributed by atoms with Gasteiger partial charge in [-0.3, -0.25) is 9.48 Å². The molecular formula is C24H30N6O. The first-order valence-corrected chi connectivity index (χ1v) is 10.7. The first-order valence-electron chi connectivity index (χ1n) is 10.7. The van der Waals surface area contributed by atoms with Crippen molar-refractivity contribution in [3.05, 3.63) is 76.7 Å². The smallest absolute Gasteiger partial charge is 0.251 e. The number of aryl methyl sites for hydroxylation is 2. The third kappa shape index (κ3) is 5.30. The molecule has 0 aliphatic carbocycles. The fourth-order valence-electron chi connectivity index (χ4n) is 3.88. The molecule has 0 radical (unpaired) electrons. The highest BCUT2D eigenvalue weighted by Crippen LogP contribution is 2.15. The van der Waals surface area contributed by atoms with Gasteiger partial charge in [0.1, 0.15) is 5.82 Å². The van der Waals surface area contributed by atoms with Gasteiger partial charge in [-0.1, -0.05) is 12.1 Å². The summed E-state index contributed by atoms with van der Waals surface area (Å²) >= 11 is 0. The molecule has 0 atom stereocenters. The van der Waals surface area contributed by atoms with Gasteiger partial charge in [0.05, 0.1) is 12.2 Å². The highest BCUT2D eigenvalue weighted by atomic mass is 16.1. The van der Waals surface area contributed by atoms with E-state index in [9.17, 15) is 4.79 Å². The number of amides is 1. The van der Waals surface area contributed by atoms with Crippen molar-refractivity contribution in [1.82, 2.24) is 25.0 Å². The summed E-state index contributed by atoms with van der Waals surface area (Å²) in [5.74, 6) is 0.903. The van der Waals surface area contributed by atoms with Crippen LogP contribution in [0.3, 0.4) is 0 Å². The largest absolute Gasteiger partial charge is 0.354 e. The maximum absolute atomic E-state index is 12.8. The molecule has 162 valence electrons. The molecule has 0 spiro atoms. The van der Waals surface area contributed by atoms with Crippen molar-refractivity contribution in [2.24, 2.45) is 0 Å². The first-order chi connectivity index (χ1) is 15.0. The highest BCUT2D eigenvalue weighted by Gasteiger charge is 2.15. The monoisotopic (exact) mass is 418 g/mol. The molecule has 1 aliphatic heterocycles. The molecule has 2 aromatic heterocycles. The molecule has 1 amide bonds. The Kier molecular flexibility index (Phi) is 6.32. The molecule has 31 heavy (non-hydrogen) atoms. The van der Waals surface area contributed by atoms with Crippen LogP contribution < -0.4 is 10.2 Å². The number of aromatic nitrogens is 3. The zero-order valence-corrected chi connectivity index (χ0v) is 18.5. The second kappa shape index (κ2) is 9.31. The van der Waals surface area contributed by atoms with Gasteiger partial charge in [-0.25, -0.2) is 4.98 Å². The van der Waals surface area contributed by atoms with Gasteiger partial charge in [0, 0.05) is 50.2 Å². The SMILES string of the molecule is Cc1cc(C)n(Cc2cccc(C(=O)NCc3ccnc(N4CCN(C)CC4)c3)c2)n1. The summed E-state index contributed by atoms with van der Waals surface area (Å²) in [6.45, 7) is 9.18. The van der Waals surface area contributed by atoms with Gasteiger partial charge in [0.15, 0.2) is 0 Å². The van der Waals surface area contributed by atoms with Gasteiger partial charge in [-0.15, -0.1) is 0 Å². The molecule has 0 saturated carbocycles. The summed E-state index contributed by atoms with van der Waals surface area (Å²) in [6.07, 6.45) is 1.82. The molecular weight excluding hydrogens is 388 g/mol. The van der Waals surface area contributed by atoms with E-state index in [1.165, 1.54) is 0 Å². The zero-order chi connectivity index (χ0) is 21.8. The Bertz CT molecular complexity index is 1050. The third-order valence-electron chi connectivity index (χ3n) is 5.72. The molecule has 0 bridgehead atoms. The van der Waals surface area contributed by atoms with Gasteiger partial charge in [-0.05, 0) is 62.4 Å². The maximum Gasteiger partial charge on any atom is 0.251 e.